The summed E-state index contributed by atoms with van der Waals surface area (Å²) in [6.45, 7) is 7.28. The van der Waals surface area contributed by atoms with Crippen LogP contribution in [-0.2, 0) is 4.79 Å². The van der Waals surface area contributed by atoms with Crippen molar-refractivity contribution in [2.75, 3.05) is 13.1 Å². The lowest BCUT2D eigenvalue weighted by molar-refractivity contribution is -0.136. The van der Waals surface area contributed by atoms with Crippen LogP contribution in [0.2, 0.25) is 0 Å². The van der Waals surface area contributed by atoms with Crippen LogP contribution in [0.4, 0.5) is 0 Å². The van der Waals surface area contributed by atoms with Crippen LogP contribution >= 0.6 is 0 Å². The first-order chi connectivity index (χ1) is 12.6. The van der Waals surface area contributed by atoms with Crippen molar-refractivity contribution in [1.82, 2.24) is 16.0 Å². The first-order valence-corrected chi connectivity index (χ1v) is 11.0. The van der Waals surface area contributed by atoms with E-state index >= 15 is 0 Å². The first kappa shape index (κ1) is 25.4. The maximum Gasteiger partial charge on any atom is 0.317 e. The third-order valence-corrected chi connectivity index (χ3v) is 4.79. The highest BCUT2D eigenvalue weighted by Gasteiger charge is 2.07. The Kier molecular flexibility index (Phi) is 18.6. The Morgan fingerprint density at radius 3 is 1.62 bits per heavy atom. The second-order valence-corrected chi connectivity index (χ2v) is 7.58. The van der Waals surface area contributed by atoms with Gasteiger partial charge in [-0.3, -0.25) is 15.4 Å². The Hall–Kier alpha value is -0.650. The average molecular weight is 372 g/mol. The van der Waals surface area contributed by atoms with Gasteiger partial charge in [-0.2, -0.15) is 0 Å². The molecule has 0 aromatic heterocycles. The van der Waals surface area contributed by atoms with Crippen LogP contribution < -0.4 is 16.0 Å². The lowest BCUT2D eigenvalue weighted by atomic mass is 10.0. The van der Waals surface area contributed by atoms with E-state index in [4.69, 9.17) is 5.11 Å². The molecule has 0 radical (unpaired) electrons. The molecule has 2 unspecified atom stereocenters. The smallest absolute Gasteiger partial charge is 0.317 e. The molecule has 0 bridgehead atoms. The van der Waals surface area contributed by atoms with Gasteiger partial charge in [0.1, 0.15) is 0 Å². The number of nitrogens with one attached hydrogen (secondary N) is 3. The van der Waals surface area contributed by atoms with Crippen LogP contribution in [0.25, 0.3) is 0 Å². The zero-order valence-electron chi connectivity index (χ0n) is 17.6. The third-order valence-electron chi connectivity index (χ3n) is 4.79. The molecule has 0 aliphatic rings. The van der Waals surface area contributed by atoms with Gasteiger partial charge < -0.3 is 10.4 Å². The largest absolute Gasteiger partial charge is 0.480 e. The Labute approximate surface area is 162 Å². The predicted molar refractivity (Wildman–Crippen MR) is 111 cm³/mol. The van der Waals surface area contributed by atoms with Crippen LogP contribution in [0, 0.1) is 0 Å². The number of carbonyl (C=O) groups is 1. The molecule has 0 aliphatic heterocycles. The maximum absolute atomic E-state index is 10.5. The average Bonchev–Trinajstić information content (AvgIpc) is 2.60. The number of hydrogen-bond donors (Lipinski definition) is 4. The third kappa shape index (κ3) is 19.7. The highest BCUT2D eigenvalue weighted by atomic mass is 16.4. The summed E-state index contributed by atoms with van der Waals surface area (Å²) in [4.78, 5) is 10.5. The number of rotatable bonds is 20. The summed E-state index contributed by atoms with van der Waals surface area (Å²) in [5, 5.41) is 18.3. The van der Waals surface area contributed by atoms with Crippen LogP contribution in [0.1, 0.15) is 104 Å². The minimum Gasteiger partial charge on any atom is -0.480 e. The second kappa shape index (κ2) is 19.1. The molecule has 0 fully saturated rings. The van der Waals surface area contributed by atoms with E-state index in [1.807, 2.05) is 6.92 Å². The molecule has 5 nitrogen and oxygen atoms in total. The van der Waals surface area contributed by atoms with Crippen molar-refractivity contribution in [3.8, 4) is 0 Å². The van der Waals surface area contributed by atoms with Crippen molar-refractivity contribution in [3.63, 3.8) is 0 Å². The second-order valence-electron chi connectivity index (χ2n) is 7.58. The Morgan fingerprint density at radius 2 is 1.15 bits per heavy atom. The molecule has 4 N–H and O–H groups in total. The summed E-state index contributed by atoms with van der Waals surface area (Å²) < 4.78 is 0. The van der Waals surface area contributed by atoms with Gasteiger partial charge in [0.15, 0.2) is 0 Å². The van der Waals surface area contributed by atoms with Gasteiger partial charge in [-0.15, -0.1) is 0 Å². The molecule has 0 heterocycles. The summed E-state index contributed by atoms with van der Waals surface area (Å²) in [5.41, 5.74) is 0. The van der Waals surface area contributed by atoms with Gasteiger partial charge in [0, 0.05) is 0 Å². The summed E-state index contributed by atoms with van der Waals surface area (Å²) in [5.74, 6) is -0.828. The van der Waals surface area contributed by atoms with Crippen LogP contribution in [0.15, 0.2) is 0 Å². The van der Waals surface area contributed by atoms with Crippen LogP contribution in [0.3, 0.4) is 0 Å². The molecular formula is C21H45N3O2. The maximum atomic E-state index is 10.5. The van der Waals surface area contributed by atoms with Crippen LogP contribution in [0.5, 0.6) is 0 Å². The monoisotopic (exact) mass is 371 g/mol. The molecule has 0 amide bonds. The van der Waals surface area contributed by atoms with Crippen molar-refractivity contribution < 1.29 is 9.90 Å². The van der Waals surface area contributed by atoms with Gasteiger partial charge in [-0.25, -0.2) is 0 Å². The van der Waals surface area contributed by atoms with Crippen molar-refractivity contribution >= 4 is 5.97 Å². The van der Waals surface area contributed by atoms with Gasteiger partial charge in [0.2, 0.25) is 0 Å². The fourth-order valence-electron chi connectivity index (χ4n) is 3.19. The normalized spacial score (nSPS) is 13.7. The molecule has 0 aromatic carbocycles. The molecule has 5 heteroatoms. The van der Waals surface area contributed by atoms with Crippen molar-refractivity contribution in [2.24, 2.45) is 0 Å². The van der Waals surface area contributed by atoms with Gasteiger partial charge in [-0.05, 0) is 26.8 Å². The molecule has 0 spiro atoms. The highest BCUT2D eigenvalue weighted by molar-refractivity contribution is 5.69. The summed E-state index contributed by atoms with van der Waals surface area (Å²) in [7, 11) is 0. The van der Waals surface area contributed by atoms with Crippen molar-refractivity contribution in [2.45, 2.75) is 117 Å². The Balaban J connectivity index is 3.24. The minimum absolute atomic E-state index is 0.0137. The standard InChI is InChI=1S/C21H45N3O2/c1-4-5-6-7-8-9-10-11-12-13-14-15-16-17-22-19(2)24-20(3)23-18-21(25)26/h19-20,22-24H,4-18H2,1-3H3,(H,25,26). The fraction of sp³-hybridized carbons (Fsp3) is 0.952. The molecular weight excluding hydrogens is 326 g/mol. The summed E-state index contributed by atoms with van der Waals surface area (Å²) in [6.07, 6.45) is 18.1. The highest BCUT2D eigenvalue weighted by Crippen LogP contribution is 2.12. The zero-order chi connectivity index (χ0) is 19.5. The Morgan fingerprint density at radius 1 is 0.731 bits per heavy atom. The number of carboxylic acids is 1. The molecule has 26 heavy (non-hydrogen) atoms. The van der Waals surface area contributed by atoms with E-state index in [0.717, 1.165) is 6.54 Å². The van der Waals surface area contributed by atoms with E-state index in [0.29, 0.717) is 0 Å². The Bertz CT molecular complexity index is 314. The number of unbranched alkanes of at least 4 members (excludes halogenated alkanes) is 12. The molecule has 0 saturated heterocycles. The van der Waals surface area contributed by atoms with E-state index in [2.05, 4.69) is 29.8 Å². The minimum atomic E-state index is -0.828. The zero-order valence-corrected chi connectivity index (χ0v) is 17.6. The van der Waals surface area contributed by atoms with Gasteiger partial charge >= 0.3 is 5.97 Å². The van der Waals surface area contributed by atoms with E-state index in [1.54, 1.807) is 0 Å². The summed E-state index contributed by atoms with van der Waals surface area (Å²) in [6, 6.07) is 0. The fourth-order valence-corrected chi connectivity index (χ4v) is 3.19. The lowest BCUT2D eigenvalue weighted by Crippen LogP contribution is -2.51. The molecule has 0 saturated carbocycles. The van der Waals surface area contributed by atoms with E-state index in [1.165, 1.54) is 83.5 Å². The molecule has 156 valence electrons. The van der Waals surface area contributed by atoms with Crippen LogP contribution in [-0.4, -0.2) is 36.5 Å². The van der Waals surface area contributed by atoms with E-state index in [9.17, 15) is 4.79 Å². The number of carboxylic acid groups (broad SMARTS) is 1. The lowest BCUT2D eigenvalue weighted by Gasteiger charge is -2.21. The van der Waals surface area contributed by atoms with Gasteiger partial charge in [0.05, 0.1) is 18.9 Å². The molecule has 2 atom stereocenters. The van der Waals surface area contributed by atoms with Crippen molar-refractivity contribution in [1.29, 1.82) is 0 Å². The van der Waals surface area contributed by atoms with Gasteiger partial charge in [-0.1, -0.05) is 84.0 Å². The molecule has 0 aliphatic carbocycles. The SMILES string of the molecule is CCCCCCCCCCCCCCCNC(C)NC(C)NCC(=O)O. The topological polar surface area (TPSA) is 73.4 Å². The number of aliphatic carboxylic acids is 1. The van der Waals surface area contributed by atoms with E-state index in [-0.39, 0.29) is 18.9 Å². The molecule has 0 aromatic rings. The predicted octanol–water partition coefficient (Wildman–Crippen LogP) is 4.62. The quantitative estimate of drug-likeness (QED) is 0.186. The van der Waals surface area contributed by atoms with Crippen molar-refractivity contribution in [3.05, 3.63) is 0 Å². The number of hydrogen-bond acceptors (Lipinski definition) is 4. The molecule has 0 rings (SSSR count). The van der Waals surface area contributed by atoms with Gasteiger partial charge in [0.25, 0.3) is 0 Å². The van der Waals surface area contributed by atoms with E-state index < -0.39 is 5.97 Å². The summed E-state index contributed by atoms with van der Waals surface area (Å²) >= 11 is 0. The first-order valence-electron chi connectivity index (χ1n) is 11.0.